The molecule has 150 valence electrons. The van der Waals surface area contributed by atoms with Crippen LogP contribution >= 0.6 is 34.0 Å². The summed E-state index contributed by atoms with van der Waals surface area (Å²) in [6.45, 7) is 1.32. The van der Waals surface area contributed by atoms with E-state index in [9.17, 15) is 9.59 Å². The molecule has 8 heteroatoms. The van der Waals surface area contributed by atoms with Crippen molar-refractivity contribution < 1.29 is 9.59 Å². The first-order valence-electron chi connectivity index (χ1n) is 8.75. The molecule has 0 spiro atoms. The average Bonchev–Trinajstić information content (AvgIpc) is 2.56. The smallest absolute Gasteiger partial charge is 0.224 e. The van der Waals surface area contributed by atoms with Gasteiger partial charge in [-0.2, -0.15) is 0 Å². The molecule has 0 aliphatic carbocycles. The Balaban J connectivity index is 0. The van der Waals surface area contributed by atoms with E-state index in [2.05, 4.69) is 10.6 Å². The lowest BCUT2D eigenvalue weighted by molar-refractivity contribution is -0.117. The van der Waals surface area contributed by atoms with Gasteiger partial charge in [0.15, 0.2) is 0 Å². The summed E-state index contributed by atoms with van der Waals surface area (Å²) >= 11 is 0. The molecule has 0 fully saturated rings. The largest absolute Gasteiger partial charge is 0.330 e. The van der Waals surface area contributed by atoms with Gasteiger partial charge in [-0.15, -0.1) is 34.0 Å². The van der Waals surface area contributed by atoms with Crippen LogP contribution in [0.2, 0.25) is 0 Å². The summed E-state index contributed by atoms with van der Waals surface area (Å²) in [6.07, 6.45) is 6.45. The number of hydrogen-bond donors (Lipinski definition) is 4. The van der Waals surface area contributed by atoms with Gasteiger partial charge >= 0.3 is 0 Å². The maximum atomic E-state index is 11.9. The maximum Gasteiger partial charge on any atom is 0.224 e. The van der Waals surface area contributed by atoms with Gasteiger partial charge in [-0.05, 0) is 57.0 Å². The molecule has 0 aliphatic heterocycles. The summed E-state index contributed by atoms with van der Waals surface area (Å²) < 4.78 is 0. The van der Waals surface area contributed by atoms with E-state index in [1.165, 1.54) is 0 Å². The number of carbonyl (C=O) groups is 2. The third-order valence-corrected chi connectivity index (χ3v) is 3.65. The normalized spacial score (nSPS) is 9.62. The number of carbonyl (C=O) groups excluding carboxylic acids is 2. The first-order chi connectivity index (χ1) is 11.7. The minimum Gasteiger partial charge on any atom is -0.330 e. The van der Waals surface area contributed by atoms with E-state index in [-0.39, 0.29) is 45.8 Å². The first-order valence-corrected chi connectivity index (χ1v) is 8.75. The van der Waals surface area contributed by atoms with Crippen molar-refractivity contribution in [2.45, 2.75) is 51.4 Å². The fourth-order valence-electron chi connectivity index (χ4n) is 2.34. The Bertz CT molecular complexity index is 474. The van der Waals surface area contributed by atoms with E-state index < -0.39 is 0 Å². The van der Waals surface area contributed by atoms with Gasteiger partial charge in [0.25, 0.3) is 0 Å². The van der Waals surface area contributed by atoms with E-state index in [0.29, 0.717) is 37.3 Å². The number of rotatable bonds is 12. The molecule has 0 bridgehead atoms. The van der Waals surface area contributed by atoms with Crippen LogP contribution < -0.4 is 22.1 Å². The summed E-state index contributed by atoms with van der Waals surface area (Å²) in [5.74, 6) is -0.0328. The second-order valence-electron chi connectivity index (χ2n) is 5.88. The fourth-order valence-corrected chi connectivity index (χ4v) is 2.34. The third kappa shape index (κ3) is 13.3. The molecule has 1 aromatic rings. The molecule has 0 saturated heterocycles. The third-order valence-electron chi connectivity index (χ3n) is 3.65. The molecule has 6 N–H and O–H groups in total. The topological polar surface area (TPSA) is 110 Å². The second kappa shape index (κ2) is 17.5. The zero-order chi connectivity index (χ0) is 17.6. The van der Waals surface area contributed by atoms with Gasteiger partial charge in [-0.25, -0.2) is 0 Å². The van der Waals surface area contributed by atoms with E-state index >= 15 is 0 Å². The highest BCUT2D eigenvalue weighted by molar-refractivity contribution is 8.93. The number of nitrogens with two attached hydrogens (primary N) is 2. The van der Waals surface area contributed by atoms with Gasteiger partial charge in [0.1, 0.15) is 0 Å². The van der Waals surface area contributed by atoms with Crippen molar-refractivity contribution in [2.75, 3.05) is 23.7 Å². The van der Waals surface area contributed by atoms with Crippen LogP contribution in [0, 0.1) is 0 Å². The van der Waals surface area contributed by atoms with Gasteiger partial charge in [-0.3, -0.25) is 9.59 Å². The lowest BCUT2D eigenvalue weighted by atomic mass is 10.1. The molecule has 26 heavy (non-hydrogen) atoms. The Labute approximate surface area is 177 Å². The average molecular weight is 496 g/mol. The van der Waals surface area contributed by atoms with E-state index in [1.54, 1.807) is 6.07 Å². The Morgan fingerprint density at radius 3 is 1.54 bits per heavy atom. The molecular formula is C18H32Br2N4O2. The van der Waals surface area contributed by atoms with E-state index in [1.807, 2.05) is 18.2 Å². The predicted octanol–water partition coefficient (Wildman–Crippen LogP) is 3.76. The molecule has 2 amide bonds. The van der Waals surface area contributed by atoms with Crippen molar-refractivity contribution in [3.63, 3.8) is 0 Å². The minimum atomic E-state index is -0.0164. The van der Waals surface area contributed by atoms with Gasteiger partial charge < -0.3 is 22.1 Å². The zero-order valence-electron chi connectivity index (χ0n) is 15.2. The number of amides is 2. The number of hydrogen-bond acceptors (Lipinski definition) is 4. The molecule has 0 unspecified atom stereocenters. The van der Waals surface area contributed by atoms with Gasteiger partial charge in [0, 0.05) is 24.2 Å². The molecule has 0 saturated carbocycles. The summed E-state index contributed by atoms with van der Waals surface area (Å²) in [6, 6.07) is 7.22. The zero-order valence-corrected chi connectivity index (χ0v) is 18.6. The van der Waals surface area contributed by atoms with Crippen molar-refractivity contribution in [1.29, 1.82) is 0 Å². The lowest BCUT2D eigenvalue weighted by Gasteiger charge is -2.09. The number of halogens is 2. The number of benzene rings is 1. The van der Waals surface area contributed by atoms with E-state index in [4.69, 9.17) is 11.5 Å². The lowest BCUT2D eigenvalue weighted by Crippen LogP contribution is -2.13. The molecule has 0 aromatic heterocycles. The summed E-state index contributed by atoms with van der Waals surface area (Å²) in [5.41, 5.74) is 12.2. The van der Waals surface area contributed by atoms with Crippen LogP contribution in [0.5, 0.6) is 0 Å². The minimum absolute atomic E-state index is 0. The fraction of sp³-hybridized carbons (Fsp3) is 0.556. The standard InChI is InChI=1S/C18H30N4O2.2BrH/c19-12-5-1-3-10-17(23)21-15-8-7-9-16(14-15)22-18(24)11-4-2-6-13-20;;/h7-9,14H,1-6,10-13,19-20H2,(H,21,23)(H,22,24);2*1H. The van der Waals surface area contributed by atoms with Crippen molar-refractivity contribution in [3.05, 3.63) is 24.3 Å². The molecule has 6 nitrogen and oxygen atoms in total. The van der Waals surface area contributed by atoms with Gasteiger partial charge in [0.05, 0.1) is 0 Å². The highest BCUT2D eigenvalue weighted by Crippen LogP contribution is 2.16. The van der Waals surface area contributed by atoms with Crippen molar-refractivity contribution >= 4 is 57.2 Å². The van der Waals surface area contributed by atoms with Crippen LogP contribution in [-0.2, 0) is 9.59 Å². The predicted molar refractivity (Wildman–Crippen MR) is 119 cm³/mol. The molecule has 1 aromatic carbocycles. The van der Waals surface area contributed by atoms with Crippen molar-refractivity contribution in [1.82, 2.24) is 0 Å². The van der Waals surface area contributed by atoms with Crippen LogP contribution in [0.3, 0.4) is 0 Å². The summed E-state index contributed by atoms with van der Waals surface area (Å²) in [7, 11) is 0. The van der Waals surface area contributed by atoms with Crippen LogP contribution in [0.25, 0.3) is 0 Å². The Morgan fingerprint density at radius 1 is 0.731 bits per heavy atom. The monoisotopic (exact) mass is 494 g/mol. The summed E-state index contributed by atoms with van der Waals surface area (Å²) in [5, 5.41) is 5.71. The molecule has 0 radical (unpaired) electrons. The van der Waals surface area contributed by atoms with Crippen LogP contribution in [0.15, 0.2) is 24.3 Å². The Hall–Kier alpha value is -0.960. The van der Waals surface area contributed by atoms with Crippen molar-refractivity contribution in [3.8, 4) is 0 Å². The number of anilines is 2. The van der Waals surface area contributed by atoms with Gasteiger partial charge in [0.2, 0.25) is 11.8 Å². The maximum absolute atomic E-state index is 11.9. The molecule has 0 aliphatic rings. The highest BCUT2D eigenvalue weighted by atomic mass is 79.9. The second-order valence-corrected chi connectivity index (χ2v) is 5.88. The first kappa shape index (κ1) is 27.3. The highest BCUT2D eigenvalue weighted by Gasteiger charge is 2.05. The Morgan fingerprint density at radius 2 is 1.15 bits per heavy atom. The van der Waals surface area contributed by atoms with Crippen LogP contribution in [0.4, 0.5) is 11.4 Å². The van der Waals surface area contributed by atoms with Crippen molar-refractivity contribution in [2.24, 2.45) is 11.5 Å². The SMILES string of the molecule is Br.Br.NCCCCCC(=O)Nc1cccc(NC(=O)CCCCCN)c1. The molecule has 1 rings (SSSR count). The van der Waals surface area contributed by atoms with Crippen LogP contribution in [-0.4, -0.2) is 24.9 Å². The summed E-state index contributed by atoms with van der Waals surface area (Å²) in [4.78, 5) is 23.7. The molecular weight excluding hydrogens is 464 g/mol. The Kier molecular flexibility index (Phi) is 18.3. The molecule has 0 heterocycles. The van der Waals surface area contributed by atoms with E-state index in [0.717, 1.165) is 38.5 Å². The quantitative estimate of drug-likeness (QED) is 0.331. The molecule has 0 atom stereocenters. The number of nitrogens with one attached hydrogen (secondary N) is 2. The van der Waals surface area contributed by atoms with Crippen LogP contribution in [0.1, 0.15) is 51.4 Å². The van der Waals surface area contributed by atoms with Gasteiger partial charge in [-0.1, -0.05) is 18.9 Å². The number of unbranched alkanes of at least 4 members (excludes halogenated alkanes) is 4.